The predicted molar refractivity (Wildman–Crippen MR) is 87.4 cm³/mol. The summed E-state index contributed by atoms with van der Waals surface area (Å²) in [7, 11) is 0. The zero-order valence-corrected chi connectivity index (χ0v) is 13.7. The van der Waals surface area contributed by atoms with E-state index in [-0.39, 0.29) is 5.91 Å². The van der Waals surface area contributed by atoms with Crippen molar-refractivity contribution in [3.63, 3.8) is 0 Å². The molecule has 2 N–H and O–H groups in total. The first-order chi connectivity index (χ1) is 10.3. The van der Waals surface area contributed by atoms with Gasteiger partial charge in [-0.2, -0.15) is 0 Å². The maximum Gasteiger partial charge on any atom is 0.221 e. The number of rotatable bonds is 7. The van der Waals surface area contributed by atoms with Gasteiger partial charge >= 0.3 is 0 Å². The first-order valence-electron chi connectivity index (χ1n) is 9.03. The first kappa shape index (κ1) is 16.8. The summed E-state index contributed by atoms with van der Waals surface area (Å²) in [6.07, 6.45) is 10.6. The fraction of sp³-hybridized carbons (Fsp3) is 0.941. The number of hydrogen-bond acceptors (Lipinski definition) is 3. The van der Waals surface area contributed by atoms with E-state index in [9.17, 15) is 4.79 Å². The zero-order chi connectivity index (χ0) is 14.9. The molecule has 1 amide bonds. The summed E-state index contributed by atoms with van der Waals surface area (Å²) in [5, 5.41) is 6.67. The normalized spacial score (nSPS) is 21.6. The van der Waals surface area contributed by atoms with Gasteiger partial charge in [-0.1, -0.05) is 26.2 Å². The minimum absolute atomic E-state index is 0.261. The fourth-order valence-corrected chi connectivity index (χ4v) is 3.73. The molecule has 21 heavy (non-hydrogen) atoms. The summed E-state index contributed by atoms with van der Waals surface area (Å²) in [5.41, 5.74) is 0. The summed E-state index contributed by atoms with van der Waals surface area (Å²) in [6, 6.07) is 1.12. The quantitative estimate of drug-likeness (QED) is 0.757. The number of nitrogens with one attached hydrogen (secondary N) is 2. The smallest absolute Gasteiger partial charge is 0.221 e. The highest BCUT2D eigenvalue weighted by atomic mass is 16.1. The molecule has 2 fully saturated rings. The number of carbonyl (C=O) groups excluding carboxylic acids is 1. The topological polar surface area (TPSA) is 44.4 Å². The number of piperidine rings is 1. The number of hydrogen-bond donors (Lipinski definition) is 2. The van der Waals surface area contributed by atoms with Gasteiger partial charge in [-0.05, 0) is 51.7 Å². The third kappa shape index (κ3) is 5.95. The van der Waals surface area contributed by atoms with E-state index in [1.165, 1.54) is 51.4 Å². The van der Waals surface area contributed by atoms with Gasteiger partial charge in [0.25, 0.3) is 0 Å². The summed E-state index contributed by atoms with van der Waals surface area (Å²) in [5.74, 6) is 0.261. The fourth-order valence-electron chi connectivity index (χ4n) is 3.73. The van der Waals surface area contributed by atoms with Crippen molar-refractivity contribution in [1.29, 1.82) is 0 Å². The summed E-state index contributed by atoms with van der Waals surface area (Å²) in [4.78, 5) is 14.7. The molecule has 0 aromatic heterocycles. The van der Waals surface area contributed by atoms with Gasteiger partial charge in [0.05, 0.1) is 0 Å². The molecule has 0 unspecified atom stereocenters. The molecule has 2 rings (SSSR count). The van der Waals surface area contributed by atoms with Gasteiger partial charge in [0.1, 0.15) is 0 Å². The van der Waals surface area contributed by atoms with Gasteiger partial charge in [0, 0.05) is 25.0 Å². The highest BCUT2D eigenvalue weighted by molar-refractivity contribution is 5.76. The Morgan fingerprint density at radius 3 is 2.48 bits per heavy atom. The number of carbonyl (C=O) groups is 1. The van der Waals surface area contributed by atoms with Crippen molar-refractivity contribution in [2.75, 3.05) is 26.2 Å². The molecule has 0 bridgehead atoms. The van der Waals surface area contributed by atoms with Crippen LogP contribution in [-0.2, 0) is 4.79 Å². The molecule has 0 aromatic carbocycles. The lowest BCUT2D eigenvalue weighted by Crippen LogP contribution is -2.45. The molecule has 0 aromatic rings. The summed E-state index contributed by atoms with van der Waals surface area (Å²) >= 11 is 0. The molecule has 4 nitrogen and oxygen atoms in total. The van der Waals surface area contributed by atoms with E-state index in [2.05, 4.69) is 22.5 Å². The van der Waals surface area contributed by atoms with Gasteiger partial charge in [-0.25, -0.2) is 0 Å². The van der Waals surface area contributed by atoms with Crippen LogP contribution in [0, 0.1) is 0 Å². The van der Waals surface area contributed by atoms with E-state index in [0.717, 1.165) is 26.2 Å². The van der Waals surface area contributed by atoms with Crippen LogP contribution in [0.1, 0.15) is 64.7 Å². The van der Waals surface area contributed by atoms with Crippen LogP contribution in [-0.4, -0.2) is 49.1 Å². The molecule has 4 heteroatoms. The van der Waals surface area contributed by atoms with Gasteiger partial charge in [0.15, 0.2) is 0 Å². The van der Waals surface area contributed by atoms with Gasteiger partial charge < -0.3 is 10.6 Å². The standard InChI is InChI=1S/C17H33N3O/c1-2-13-20(16-8-11-18-12-9-16)14-10-17(21)19-15-6-4-3-5-7-15/h15-16,18H,2-14H2,1H3,(H,19,21). The number of nitrogens with zero attached hydrogens (tertiary/aromatic N) is 1. The lowest BCUT2D eigenvalue weighted by atomic mass is 9.95. The molecule has 1 saturated carbocycles. The molecule has 0 spiro atoms. The average Bonchev–Trinajstić information content (AvgIpc) is 2.53. The van der Waals surface area contributed by atoms with E-state index >= 15 is 0 Å². The summed E-state index contributed by atoms with van der Waals surface area (Å²) < 4.78 is 0. The molecule has 1 aliphatic carbocycles. The maximum atomic E-state index is 12.2. The molecule has 0 atom stereocenters. The Kier molecular flexibility index (Phi) is 7.51. The Balaban J connectivity index is 1.70. The predicted octanol–water partition coefficient (Wildman–Crippen LogP) is 2.29. The van der Waals surface area contributed by atoms with Crippen LogP contribution in [0.4, 0.5) is 0 Å². The molecule has 0 radical (unpaired) electrons. The van der Waals surface area contributed by atoms with Crippen molar-refractivity contribution >= 4 is 5.91 Å². The molecule has 2 aliphatic rings. The Labute approximate surface area is 130 Å². The second-order valence-corrected chi connectivity index (χ2v) is 6.67. The minimum atomic E-state index is 0.261. The maximum absolute atomic E-state index is 12.2. The SMILES string of the molecule is CCCN(CCC(=O)NC1CCCCC1)C1CCNCC1. The zero-order valence-electron chi connectivity index (χ0n) is 13.7. The van der Waals surface area contributed by atoms with Crippen molar-refractivity contribution in [2.45, 2.75) is 76.8 Å². The van der Waals surface area contributed by atoms with E-state index < -0.39 is 0 Å². The van der Waals surface area contributed by atoms with Crippen LogP contribution in [0.25, 0.3) is 0 Å². The molecule has 1 saturated heterocycles. The van der Waals surface area contributed by atoms with Gasteiger partial charge in [-0.3, -0.25) is 9.69 Å². The third-order valence-corrected chi connectivity index (χ3v) is 4.93. The Bertz CT molecular complexity index is 296. The van der Waals surface area contributed by atoms with E-state index in [4.69, 9.17) is 0 Å². The van der Waals surface area contributed by atoms with Crippen molar-refractivity contribution in [1.82, 2.24) is 15.5 Å². The average molecular weight is 295 g/mol. The summed E-state index contributed by atoms with van der Waals surface area (Å²) in [6.45, 7) is 6.53. The van der Waals surface area contributed by atoms with Crippen molar-refractivity contribution < 1.29 is 4.79 Å². The van der Waals surface area contributed by atoms with Crippen LogP contribution in [0.5, 0.6) is 0 Å². The monoisotopic (exact) mass is 295 g/mol. The van der Waals surface area contributed by atoms with Crippen LogP contribution in [0.15, 0.2) is 0 Å². The Hall–Kier alpha value is -0.610. The Morgan fingerprint density at radius 2 is 1.81 bits per heavy atom. The van der Waals surface area contributed by atoms with Crippen LogP contribution < -0.4 is 10.6 Å². The Morgan fingerprint density at radius 1 is 1.10 bits per heavy atom. The van der Waals surface area contributed by atoms with Gasteiger partial charge in [-0.15, -0.1) is 0 Å². The molecule has 1 heterocycles. The molecule has 122 valence electrons. The van der Waals surface area contributed by atoms with Crippen molar-refractivity contribution in [2.24, 2.45) is 0 Å². The largest absolute Gasteiger partial charge is 0.353 e. The second-order valence-electron chi connectivity index (χ2n) is 6.67. The van der Waals surface area contributed by atoms with E-state index in [0.29, 0.717) is 18.5 Å². The van der Waals surface area contributed by atoms with Crippen molar-refractivity contribution in [3.05, 3.63) is 0 Å². The highest BCUT2D eigenvalue weighted by Crippen LogP contribution is 2.17. The van der Waals surface area contributed by atoms with E-state index in [1.807, 2.05) is 0 Å². The molecular formula is C17H33N3O. The number of amides is 1. The first-order valence-corrected chi connectivity index (χ1v) is 9.03. The van der Waals surface area contributed by atoms with Crippen LogP contribution >= 0.6 is 0 Å². The van der Waals surface area contributed by atoms with Gasteiger partial charge in [0.2, 0.25) is 5.91 Å². The van der Waals surface area contributed by atoms with Crippen LogP contribution in [0.2, 0.25) is 0 Å². The molecular weight excluding hydrogens is 262 g/mol. The lowest BCUT2D eigenvalue weighted by molar-refractivity contribution is -0.122. The highest BCUT2D eigenvalue weighted by Gasteiger charge is 2.21. The van der Waals surface area contributed by atoms with Crippen molar-refractivity contribution in [3.8, 4) is 0 Å². The minimum Gasteiger partial charge on any atom is -0.353 e. The molecule has 1 aliphatic heterocycles. The third-order valence-electron chi connectivity index (χ3n) is 4.93. The van der Waals surface area contributed by atoms with E-state index in [1.54, 1.807) is 0 Å². The lowest BCUT2D eigenvalue weighted by Gasteiger charge is -2.34. The van der Waals surface area contributed by atoms with Crippen LogP contribution in [0.3, 0.4) is 0 Å². The second kappa shape index (κ2) is 9.42.